The SMILES string of the molecule is O=C(NCCc1cc(C(=O)O)on1)c1cc2cccoc-2c1. The van der Waals surface area contributed by atoms with Gasteiger partial charge in [0, 0.05) is 30.2 Å². The third-order valence-corrected chi connectivity index (χ3v) is 3.13. The number of aromatic carboxylic acids is 1. The summed E-state index contributed by atoms with van der Waals surface area (Å²) in [6, 6.07) is 8.37. The smallest absolute Gasteiger partial charge is 0.374 e. The van der Waals surface area contributed by atoms with Crippen molar-refractivity contribution in [3.05, 3.63) is 53.6 Å². The van der Waals surface area contributed by atoms with Crippen LogP contribution in [0.3, 0.4) is 0 Å². The Hall–Kier alpha value is -3.09. The van der Waals surface area contributed by atoms with E-state index < -0.39 is 5.97 Å². The molecule has 0 atom stereocenters. The van der Waals surface area contributed by atoms with Crippen molar-refractivity contribution in [2.45, 2.75) is 6.42 Å². The van der Waals surface area contributed by atoms with E-state index in [0.717, 1.165) is 5.56 Å². The van der Waals surface area contributed by atoms with Crippen LogP contribution in [0.5, 0.6) is 0 Å². The minimum absolute atomic E-state index is 0.217. The maximum atomic E-state index is 12.0. The van der Waals surface area contributed by atoms with Crippen LogP contribution in [0, 0.1) is 0 Å². The standard InChI is InChI=1S/C15H12N2O5/c18-14(10-6-9-2-1-5-21-12(9)7-10)16-4-3-11-8-13(15(19)20)22-17-11/h1-2,5-8H,3-4H2,(H,16,18)(H,19,20). The number of carbonyl (C=O) groups is 2. The molecule has 1 aliphatic heterocycles. The second kappa shape index (κ2) is 5.72. The Morgan fingerprint density at radius 3 is 2.86 bits per heavy atom. The molecule has 0 spiro atoms. The van der Waals surface area contributed by atoms with Gasteiger partial charge in [-0.1, -0.05) is 5.16 Å². The molecule has 0 radical (unpaired) electrons. The van der Waals surface area contributed by atoms with Gasteiger partial charge in [0.25, 0.3) is 5.91 Å². The van der Waals surface area contributed by atoms with E-state index in [4.69, 9.17) is 9.52 Å². The molecule has 1 amide bonds. The normalized spacial score (nSPS) is 10.7. The van der Waals surface area contributed by atoms with Gasteiger partial charge in [-0.25, -0.2) is 4.79 Å². The van der Waals surface area contributed by atoms with Crippen LogP contribution < -0.4 is 5.32 Å². The van der Waals surface area contributed by atoms with Crippen LogP contribution in [-0.2, 0) is 6.42 Å². The van der Waals surface area contributed by atoms with Crippen molar-refractivity contribution in [1.82, 2.24) is 10.5 Å². The number of rotatable bonds is 5. The summed E-state index contributed by atoms with van der Waals surface area (Å²) in [7, 11) is 0. The average Bonchev–Trinajstić information content (AvgIpc) is 3.13. The van der Waals surface area contributed by atoms with Crippen molar-refractivity contribution >= 4 is 11.9 Å². The van der Waals surface area contributed by atoms with Gasteiger partial charge in [-0.15, -0.1) is 0 Å². The molecule has 0 fully saturated rings. The summed E-state index contributed by atoms with van der Waals surface area (Å²) in [5.41, 5.74) is 1.84. The highest BCUT2D eigenvalue weighted by atomic mass is 16.5. The Morgan fingerprint density at radius 2 is 2.14 bits per heavy atom. The molecule has 0 saturated heterocycles. The van der Waals surface area contributed by atoms with Gasteiger partial charge in [-0.05, 0) is 24.3 Å². The van der Waals surface area contributed by atoms with Crippen LogP contribution in [0.25, 0.3) is 11.3 Å². The number of hydrogen-bond acceptors (Lipinski definition) is 5. The molecule has 0 aromatic carbocycles. The second-order valence-corrected chi connectivity index (χ2v) is 4.67. The lowest BCUT2D eigenvalue weighted by Gasteiger charge is -2.01. The Kier molecular flexibility index (Phi) is 3.61. The molecule has 7 nitrogen and oxygen atoms in total. The van der Waals surface area contributed by atoms with E-state index in [1.165, 1.54) is 6.07 Å². The van der Waals surface area contributed by atoms with Crippen molar-refractivity contribution in [2.75, 3.05) is 6.54 Å². The molecule has 7 heteroatoms. The van der Waals surface area contributed by atoms with Crippen LogP contribution in [0.2, 0.25) is 0 Å². The Balaban J connectivity index is 1.58. The van der Waals surface area contributed by atoms with Gasteiger partial charge < -0.3 is 19.4 Å². The van der Waals surface area contributed by atoms with Crippen molar-refractivity contribution in [1.29, 1.82) is 0 Å². The minimum atomic E-state index is -1.17. The minimum Gasteiger partial charge on any atom is -0.475 e. The zero-order valence-electron chi connectivity index (χ0n) is 11.4. The lowest BCUT2D eigenvalue weighted by atomic mass is 10.2. The number of carboxylic acids is 1. The van der Waals surface area contributed by atoms with Gasteiger partial charge in [0.05, 0.1) is 12.0 Å². The first-order chi connectivity index (χ1) is 10.6. The van der Waals surface area contributed by atoms with Crippen LogP contribution in [0.4, 0.5) is 0 Å². The van der Waals surface area contributed by atoms with E-state index in [-0.39, 0.29) is 11.7 Å². The first kappa shape index (κ1) is 13.9. The molecule has 2 N–H and O–H groups in total. The molecular weight excluding hydrogens is 288 g/mol. The van der Waals surface area contributed by atoms with Gasteiger partial charge in [0.1, 0.15) is 5.76 Å². The molecular formula is C15H12N2O5. The largest absolute Gasteiger partial charge is 0.475 e. The number of amides is 1. The van der Waals surface area contributed by atoms with E-state index >= 15 is 0 Å². The highest BCUT2D eigenvalue weighted by molar-refractivity contribution is 5.97. The number of nitrogens with one attached hydrogen (secondary N) is 1. The Morgan fingerprint density at radius 1 is 1.27 bits per heavy atom. The molecule has 1 aliphatic carbocycles. The number of nitrogens with zero attached hydrogens (tertiary/aromatic N) is 1. The summed E-state index contributed by atoms with van der Waals surface area (Å²) < 4.78 is 9.92. The predicted molar refractivity (Wildman–Crippen MR) is 74.8 cm³/mol. The summed E-state index contributed by atoms with van der Waals surface area (Å²) in [6.45, 7) is 0.323. The quantitative estimate of drug-likeness (QED) is 0.747. The zero-order valence-corrected chi connectivity index (χ0v) is 11.4. The van der Waals surface area contributed by atoms with Gasteiger partial charge >= 0.3 is 5.97 Å². The van der Waals surface area contributed by atoms with Gasteiger partial charge in [0.15, 0.2) is 0 Å². The van der Waals surface area contributed by atoms with Crippen LogP contribution in [0.1, 0.15) is 26.6 Å². The molecule has 1 aromatic rings. The monoisotopic (exact) mass is 300 g/mol. The highest BCUT2D eigenvalue weighted by Gasteiger charge is 2.14. The molecule has 0 bridgehead atoms. The molecule has 3 rings (SSSR count). The van der Waals surface area contributed by atoms with Gasteiger partial charge in [-0.2, -0.15) is 0 Å². The fourth-order valence-electron chi connectivity index (χ4n) is 2.06. The van der Waals surface area contributed by atoms with E-state index in [9.17, 15) is 9.59 Å². The van der Waals surface area contributed by atoms with Gasteiger partial charge in [-0.3, -0.25) is 4.79 Å². The third kappa shape index (κ3) is 2.83. The molecule has 1 aromatic heterocycles. The Bertz CT molecular complexity index is 759. The summed E-state index contributed by atoms with van der Waals surface area (Å²) in [5.74, 6) is -0.969. The molecule has 0 unspecified atom stereocenters. The first-order valence-corrected chi connectivity index (χ1v) is 6.58. The van der Waals surface area contributed by atoms with Crippen molar-refractivity contribution in [3.63, 3.8) is 0 Å². The maximum Gasteiger partial charge on any atom is 0.374 e. The lowest BCUT2D eigenvalue weighted by molar-refractivity contribution is 0.0651. The fourth-order valence-corrected chi connectivity index (χ4v) is 2.06. The maximum absolute atomic E-state index is 12.0. The lowest BCUT2D eigenvalue weighted by Crippen LogP contribution is -2.25. The van der Waals surface area contributed by atoms with Crippen molar-refractivity contribution in [3.8, 4) is 11.3 Å². The van der Waals surface area contributed by atoms with E-state index in [0.29, 0.717) is 30.0 Å². The van der Waals surface area contributed by atoms with Crippen LogP contribution >= 0.6 is 0 Å². The van der Waals surface area contributed by atoms with Crippen molar-refractivity contribution < 1.29 is 23.6 Å². The topological polar surface area (TPSA) is 106 Å². The predicted octanol–water partition coefficient (Wildman–Crippen LogP) is 2.04. The zero-order chi connectivity index (χ0) is 15.5. The summed E-state index contributed by atoms with van der Waals surface area (Å²) >= 11 is 0. The number of hydrogen-bond donors (Lipinski definition) is 2. The summed E-state index contributed by atoms with van der Waals surface area (Å²) in [6.07, 6.45) is 1.93. The highest BCUT2D eigenvalue weighted by Crippen LogP contribution is 2.25. The molecule has 2 aliphatic rings. The third-order valence-electron chi connectivity index (χ3n) is 3.13. The molecule has 2 heterocycles. The number of aromatic nitrogens is 1. The Labute approximate surface area is 124 Å². The van der Waals surface area contributed by atoms with E-state index in [1.54, 1.807) is 24.5 Å². The van der Waals surface area contributed by atoms with Gasteiger partial charge in [0.2, 0.25) is 5.76 Å². The van der Waals surface area contributed by atoms with E-state index in [1.807, 2.05) is 6.07 Å². The number of carbonyl (C=O) groups excluding carboxylic acids is 1. The number of fused-ring (bicyclic) bond motifs is 1. The summed E-state index contributed by atoms with van der Waals surface area (Å²) in [5, 5.41) is 15.1. The fraction of sp³-hybridized carbons (Fsp3) is 0.133. The molecule has 0 saturated carbocycles. The number of carboxylic acid groups (broad SMARTS) is 1. The second-order valence-electron chi connectivity index (χ2n) is 4.67. The molecule has 112 valence electrons. The first-order valence-electron chi connectivity index (χ1n) is 6.58. The van der Waals surface area contributed by atoms with E-state index in [2.05, 4.69) is 15.0 Å². The van der Waals surface area contributed by atoms with Crippen molar-refractivity contribution in [2.24, 2.45) is 0 Å². The summed E-state index contributed by atoms with van der Waals surface area (Å²) in [4.78, 5) is 22.7. The molecule has 22 heavy (non-hydrogen) atoms. The van der Waals surface area contributed by atoms with Crippen LogP contribution in [-0.4, -0.2) is 28.7 Å². The van der Waals surface area contributed by atoms with Crippen LogP contribution in [0.15, 0.2) is 45.5 Å². The average molecular weight is 300 g/mol.